The van der Waals surface area contributed by atoms with Crippen molar-refractivity contribution in [3.63, 3.8) is 0 Å². The van der Waals surface area contributed by atoms with Crippen molar-refractivity contribution in [3.05, 3.63) is 52.7 Å². The van der Waals surface area contributed by atoms with Crippen LogP contribution >= 0.6 is 23.1 Å². The first-order valence-electron chi connectivity index (χ1n) is 9.59. The van der Waals surface area contributed by atoms with Crippen LogP contribution in [0.2, 0.25) is 5.02 Å². The van der Waals surface area contributed by atoms with E-state index in [-0.39, 0.29) is 5.91 Å². The molecule has 0 aliphatic rings. The Bertz CT molecular complexity index is 1320. The summed E-state index contributed by atoms with van der Waals surface area (Å²) in [5.74, 6) is 1.43. The number of carbonyl (C=O) groups is 1. The fraction of sp³-hybridized carbons (Fsp3) is 0.190. The zero-order chi connectivity index (χ0) is 23.5. The number of para-hydroxylation sites is 1. The maximum atomic E-state index is 12.6. The van der Waals surface area contributed by atoms with Gasteiger partial charge in [-0.25, -0.2) is 4.68 Å². The molecule has 2 aromatic heterocycles. The van der Waals surface area contributed by atoms with Crippen LogP contribution in [0, 0.1) is 6.92 Å². The Morgan fingerprint density at radius 2 is 1.79 bits per heavy atom. The number of amides is 1. The van der Waals surface area contributed by atoms with Crippen molar-refractivity contribution < 1.29 is 19.0 Å². The topological polar surface area (TPSA) is 113 Å². The molecule has 0 unspecified atom stereocenters. The van der Waals surface area contributed by atoms with Crippen LogP contribution in [0.25, 0.3) is 17.2 Å². The minimum atomic E-state index is -0.354. The second kappa shape index (κ2) is 9.43. The summed E-state index contributed by atoms with van der Waals surface area (Å²) in [6.07, 6.45) is 0. The van der Waals surface area contributed by atoms with E-state index >= 15 is 0 Å². The Kier molecular flexibility index (Phi) is 6.43. The molecule has 4 aromatic rings. The summed E-state index contributed by atoms with van der Waals surface area (Å²) < 4.78 is 21.8. The third-order valence-corrected chi connectivity index (χ3v) is 5.71. The number of halogens is 1. The van der Waals surface area contributed by atoms with Crippen molar-refractivity contribution in [2.45, 2.75) is 6.92 Å². The van der Waals surface area contributed by atoms with Gasteiger partial charge in [0.25, 0.3) is 5.91 Å². The standard InChI is InChI=1S/C21H19ClN6O4S/c1-11-18(25-27-28(11)14-9-13(22)16(31-3)10-17(14)32-4)19-23-21(33-26-19)24-20(29)12-7-5-6-8-15(12)30-2/h5-10H,1-4H3,(H,23,24,26,29). The third-order valence-electron chi connectivity index (χ3n) is 4.79. The molecule has 4 rings (SSSR count). The van der Waals surface area contributed by atoms with Gasteiger partial charge in [-0.05, 0) is 25.1 Å². The van der Waals surface area contributed by atoms with Gasteiger partial charge >= 0.3 is 0 Å². The van der Waals surface area contributed by atoms with Gasteiger partial charge in [0.15, 0.2) is 11.5 Å². The number of anilines is 1. The van der Waals surface area contributed by atoms with Gasteiger partial charge in [0.2, 0.25) is 5.13 Å². The molecule has 2 heterocycles. The van der Waals surface area contributed by atoms with E-state index in [2.05, 4.69) is 25.0 Å². The number of ether oxygens (including phenoxy) is 3. The molecule has 1 amide bonds. The molecule has 0 saturated carbocycles. The van der Waals surface area contributed by atoms with Crippen molar-refractivity contribution in [2.24, 2.45) is 0 Å². The van der Waals surface area contributed by atoms with Crippen molar-refractivity contribution in [3.8, 4) is 34.5 Å². The molecule has 33 heavy (non-hydrogen) atoms. The molecule has 0 bridgehead atoms. The Labute approximate surface area is 198 Å². The van der Waals surface area contributed by atoms with Crippen LogP contribution in [0.4, 0.5) is 5.13 Å². The van der Waals surface area contributed by atoms with Crippen LogP contribution in [0.1, 0.15) is 16.1 Å². The van der Waals surface area contributed by atoms with Crippen LogP contribution in [0.5, 0.6) is 17.2 Å². The number of benzene rings is 2. The molecule has 0 atom stereocenters. The second-order valence-electron chi connectivity index (χ2n) is 6.67. The van der Waals surface area contributed by atoms with Gasteiger partial charge in [0.1, 0.15) is 22.9 Å². The minimum absolute atomic E-state index is 0.319. The molecule has 0 fully saturated rings. The Morgan fingerprint density at radius 1 is 1.06 bits per heavy atom. The highest BCUT2D eigenvalue weighted by molar-refractivity contribution is 7.10. The summed E-state index contributed by atoms with van der Waals surface area (Å²) in [4.78, 5) is 17.0. The lowest BCUT2D eigenvalue weighted by Crippen LogP contribution is -2.12. The van der Waals surface area contributed by atoms with E-state index in [1.54, 1.807) is 41.1 Å². The molecule has 0 saturated heterocycles. The lowest BCUT2D eigenvalue weighted by molar-refractivity contribution is 0.102. The van der Waals surface area contributed by atoms with Crippen molar-refractivity contribution in [2.75, 3.05) is 26.6 Å². The monoisotopic (exact) mass is 486 g/mol. The molecule has 0 aliphatic carbocycles. The van der Waals surface area contributed by atoms with Crippen LogP contribution in [-0.2, 0) is 0 Å². The van der Waals surface area contributed by atoms with Gasteiger partial charge in [-0.15, -0.1) is 5.10 Å². The molecule has 10 nitrogen and oxygen atoms in total. The fourth-order valence-electron chi connectivity index (χ4n) is 3.14. The lowest BCUT2D eigenvalue weighted by atomic mass is 10.2. The van der Waals surface area contributed by atoms with Crippen LogP contribution in [0.15, 0.2) is 36.4 Å². The third kappa shape index (κ3) is 4.32. The first-order chi connectivity index (χ1) is 16.0. The summed E-state index contributed by atoms with van der Waals surface area (Å²) in [6, 6.07) is 10.3. The lowest BCUT2D eigenvalue weighted by Gasteiger charge is -2.12. The molecular formula is C21H19ClN6O4S. The van der Waals surface area contributed by atoms with Crippen LogP contribution in [0.3, 0.4) is 0 Å². The number of hydrogen-bond acceptors (Lipinski definition) is 9. The number of rotatable bonds is 7. The average Bonchev–Trinajstić information content (AvgIpc) is 3.44. The maximum absolute atomic E-state index is 12.6. The molecule has 0 spiro atoms. The Hall–Kier alpha value is -3.70. The molecule has 1 N–H and O–H groups in total. The van der Waals surface area contributed by atoms with E-state index in [4.69, 9.17) is 25.8 Å². The molecule has 0 aliphatic heterocycles. The molecule has 0 radical (unpaired) electrons. The van der Waals surface area contributed by atoms with Gasteiger partial charge in [-0.2, -0.15) is 9.36 Å². The van der Waals surface area contributed by atoms with E-state index in [0.717, 1.165) is 11.5 Å². The van der Waals surface area contributed by atoms with E-state index < -0.39 is 0 Å². The van der Waals surface area contributed by atoms with E-state index in [1.165, 1.54) is 21.3 Å². The number of nitrogens with one attached hydrogen (secondary N) is 1. The van der Waals surface area contributed by atoms with Crippen molar-refractivity contribution >= 4 is 34.2 Å². The number of methoxy groups -OCH3 is 3. The predicted molar refractivity (Wildman–Crippen MR) is 124 cm³/mol. The predicted octanol–water partition coefficient (Wildman–Crippen LogP) is 4.03. The van der Waals surface area contributed by atoms with E-state index in [9.17, 15) is 4.79 Å². The van der Waals surface area contributed by atoms with Gasteiger partial charge in [-0.1, -0.05) is 28.9 Å². The summed E-state index contributed by atoms with van der Waals surface area (Å²) in [5, 5.41) is 11.9. The summed E-state index contributed by atoms with van der Waals surface area (Å²) in [7, 11) is 4.57. The summed E-state index contributed by atoms with van der Waals surface area (Å²) in [5.41, 5.74) is 2.09. The number of carbonyl (C=O) groups excluding carboxylic acids is 1. The zero-order valence-electron chi connectivity index (χ0n) is 18.1. The quantitative estimate of drug-likeness (QED) is 0.416. The SMILES string of the molecule is COc1cc(OC)c(-n2nnc(-c3nsc(NC(=O)c4ccccc4OC)n3)c2C)cc1Cl. The number of aromatic nitrogens is 5. The van der Waals surface area contributed by atoms with Gasteiger partial charge in [0, 0.05) is 17.6 Å². The largest absolute Gasteiger partial charge is 0.496 e. The summed E-state index contributed by atoms with van der Waals surface area (Å²) >= 11 is 7.33. The molecule has 170 valence electrons. The summed E-state index contributed by atoms with van der Waals surface area (Å²) in [6.45, 7) is 1.82. The van der Waals surface area contributed by atoms with Crippen molar-refractivity contribution in [1.82, 2.24) is 24.4 Å². The maximum Gasteiger partial charge on any atom is 0.261 e. The van der Waals surface area contributed by atoms with Crippen molar-refractivity contribution in [1.29, 1.82) is 0 Å². The highest BCUT2D eigenvalue weighted by atomic mass is 35.5. The Morgan fingerprint density at radius 3 is 2.52 bits per heavy atom. The minimum Gasteiger partial charge on any atom is -0.496 e. The molecular weight excluding hydrogens is 468 g/mol. The first-order valence-corrected chi connectivity index (χ1v) is 10.7. The fourth-order valence-corrected chi connectivity index (χ4v) is 3.94. The van der Waals surface area contributed by atoms with Gasteiger partial charge in [0.05, 0.1) is 37.6 Å². The zero-order valence-corrected chi connectivity index (χ0v) is 19.7. The van der Waals surface area contributed by atoms with E-state index in [1.807, 2.05) is 6.92 Å². The normalized spacial score (nSPS) is 10.7. The average molecular weight is 487 g/mol. The first kappa shape index (κ1) is 22.5. The van der Waals surface area contributed by atoms with E-state index in [0.29, 0.717) is 55.9 Å². The Balaban J connectivity index is 1.62. The number of nitrogens with zero attached hydrogens (tertiary/aromatic N) is 5. The smallest absolute Gasteiger partial charge is 0.261 e. The second-order valence-corrected chi connectivity index (χ2v) is 7.83. The van der Waals surface area contributed by atoms with Gasteiger partial charge in [-0.3, -0.25) is 10.1 Å². The number of hydrogen-bond donors (Lipinski definition) is 1. The van der Waals surface area contributed by atoms with Crippen LogP contribution < -0.4 is 19.5 Å². The highest BCUT2D eigenvalue weighted by Crippen LogP contribution is 2.36. The molecule has 12 heteroatoms. The highest BCUT2D eigenvalue weighted by Gasteiger charge is 2.21. The van der Waals surface area contributed by atoms with Crippen LogP contribution in [-0.4, -0.2) is 51.6 Å². The van der Waals surface area contributed by atoms with Gasteiger partial charge < -0.3 is 14.2 Å². The molecule has 2 aromatic carbocycles.